The fourth-order valence-electron chi connectivity index (χ4n) is 2.12. The first-order valence-corrected chi connectivity index (χ1v) is 6.73. The van der Waals surface area contributed by atoms with E-state index in [-0.39, 0.29) is 6.10 Å². The van der Waals surface area contributed by atoms with Gasteiger partial charge in [-0.3, -0.25) is 0 Å². The average Bonchev–Trinajstić information content (AvgIpc) is 2.97. The molecule has 19 heavy (non-hydrogen) atoms. The molecule has 2 aromatic rings. The fourth-order valence-corrected chi connectivity index (χ4v) is 2.12. The van der Waals surface area contributed by atoms with Crippen LogP contribution in [0.25, 0.3) is 0 Å². The lowest BCUT2D eigenvalue weighted by Crippen LogP contribution is -2.10. The molecule has 1 saturated carbocycles. The first-order chi connectivity index (χ1) is 9.28. The van der Waals surface area contributed by atoms with Crippen molar-refractivity contribution < 1.29 is 9.26 Å². The van der Waals surface area contributed by atoms with E-state index in [1.54, 1.807) is 6.20 Å². The van der Waals surface area contributed by atoms with Gasteiger partial charge in [0.1, 0.15) is 18.5 Å². The maximum Gasteiger partial charge on any atom is 0.246 e. The third-order valence-electron chi connectivity index (χ3n) is 3.26. The molecule has 0 spiro atoms. The Balaban J connectivity index is 1.73. The summed E-state index contributed by atoms with van der Waals surface area (Å²) in [6, 6.07) is 0. The van der Waals surface area contributed by atoms with Crippen molar-refractivity contribution in [2.45, 2.75) is 45.3 Å². The number of hydrogen-bond acceptors (Lipinski definition) is 5. The van der Waals surface area contributed by atoms with E-state index in [4.69, 9.17) is 9.26 Å². The Morgan fingerprint density at radius 3 is 3.11 bits per heavy atom. The van der Waals surface area contributed by atoms with Crippen molar-refractivity contribution >= 4 is 0 Å². The summed E-state index contributed by atoms with van der Waals surface area (Å²) in [5.74, 6) is 2.87. The molecule has 102 valence electrons. The molecule has 0 saturated heterocycles. The minimum Gasteiger partial charge on any atom is -0.371 e. The van der Waals surface area contributed by atoms with Gasteiger partial charge < -0.3 is 13.8 Å². The number of aromatic nitrogens is 4. The number of hydrogen-bond donors (Lipinski definition) is 0. The molecular weight excluding hydrogens is 244 g/mol. The summed E-state index contributed by atoms with van der Waals surface area (Å²) in [6.45, 7) is 5.18. The summed E-state index contributed by atoms with van der Waals surface area (Å²) < 4.78 is 12.8. The first kappa shape index (κ1) is 12.3. The van der Waals surface area contributed by atoms with E-state index in [1.165, 1.54) is 12.8 Å². The van der Waals surface area contributed by atoms with Crippen LogP contribution in [-0.2, 0) is 11.3 Å². The zero-order valence-electron chi connectivity index (χ0n) is 11.2. The van der Waals surface area contributed by atoms with Crippen LogP contribution in [0, 0.1) is 0 Å². The third kappa shape index (κ3) is 2.68. The molecule has 1 atom stereocenters. The molecule has 0 aliphatic heterocycles. The van der Waals surface area contributed by atoms with Crippen LogP contribution in [0.4, 0.5) is 0 Å². The summed E-state index contributed by atoms with van der Waals surface area (Å²) in [7, 11) is 0. The predicted octanol–water partition coefficient (Wildman–Crippen LogP) is 2.29. The molecule has 0 radical (unpaired) electrons. The third-order valence-corrected chi connectivity index (χ3v) is 3.26. The highest BCUT2D eigenvalue weighted by Crippen LogP contribution is 2.38. The molecule has 0 N–H and O–H groups in total. The van der Waals surface area contributed by atoms with Crippen LogP contribution >= 0.6 is 0 Å². The van der Waals surface area contributed by atoms with Gasteiger partial charge in [0.05, 0.1) is 0 Å². The minimum absolute atomic E-state index is 0.0363. The average molecular weight is 262 g/mol. The number of ether oxygens (including phenoxy) is 1. The molecule has 0 unspecified atom stereocenters. The lowest BCUT2D eigenvalue weighted by molar-refractivity contribution is 0.0675. The quantitative estimate of drug-likeness (QED) is 0.799. The van der Waals surface area contributed by atoms with Crippen molar-refractivity contribution in [3.63, 3.8) is 0 Å². The normalized spacial score (nSPS) is 16.7. The van der Waals surface area contributed by atoms with Crippen LogP contribution in [0.2, 0.25) is 0 Å². The second-order valence-corrected chi connectivity index (χ2v) is 4.83. The SMILES string of the molecule is CCO[C@@H](C)c1nccn1Cc1nc(C2CC2)no1. The van der Waals surface area contributed by atoms with Crippen LogP contribution in [-0.4, -0.2) is 26.3 Å². The second-order valence-electron chi connectivity index (χ2n) is 4.83. The van der Waals surface area contributed by atoms with E-state index < -0.39 is 0 Å². The van der Waals surface area contributed by atoms with Crippen LogP contribution in [0.5, 0.6) is 0 Å². The highest BCUT2D eigenvalue weighted by Gasteiger charge is 2.28. The lowest BCUT2D eigenvalue weighted by Gasteiger charge is -2.12. The Bertz CT molecular complexity index is 544. The number of nitrogens with zero attached hydrogens (tertiary/aromatic N) is 4. The lowest BCUT2D eigenvalue weighted by atomic mass is 10.3. The molecular formula is C13H18N4O2. The van der Waals surface area contributed by atoms with E-state index >= 15 is 0 Å². The van der Waals surface area contributed by atoms with Gasteiger partial charge in [-0.2, -0.15) is 4.98 Å². The molecule has 1 aliphatic rings. The maximum atomic E-state index is 5.57. The van der Waals surface area contributed by atoms with Crippen LogP contribution in [0.15, 0.2) is 16.9 Å². The molecule has 3 rings (SSSR count). The molecule has 2 heterocycles. The Kier molecular flexibility index (Phi) is 3.33. The standard InChI is InChI=1S/C13H18N4O2/c1-3-18-9(2)13-14-6-7-17(13)8-11-15-12(16-19-11)10-4-5-10/h6-7,9-10H,3-5,8H2,1-2H3/t9-/m0/s1. The maximum absolute atomic E-state index is 5.57. The van der Waals surface area contributed by atoms with Crippen molar-refractivity contribution in [3.8, 4) is 0 Å². The molecule has 6 heteroatoms. The Morgan fingerprint density at radius 1 is 1.53 bits per heavy atom. The van der Waals surface area contributed by atoms with Crippen molar-refractivity contribution in [1.29, 1.82) is 0 Å². The van der Waals surface area contributed by atoms with E-state index in [1.807, 2.05) is 24.6 Å². The molecule has 1 aliphatic carbocycles. The molecule has 0 aromatic carbocycles. The van der Waals surface area contributed by atoms with Gasteiger partial charge in [-0.15, -0.1) is 0 Å². The fraction of sp³-hybridized carbons (Fsp3) is 0.615. The Morgan fingerprint density at radius 2 is 2.37 bits per heavy atom. The van der Waals surface area contributed by atoms with E-state index in [9.17, 15) is 0 Å². The summed E-state index contributed by atoms with van der Waals surface area (Å²) in [4.78, 5) is 8.76. The van der Waals surface area contributed by atoms with Gasteiger partial charge in [-0.25, -0.2) is 4.98 Å². The largest absolute Gasteiger partial charge is 0.371 e. The zero-order valence-corrected chi connectivity index (χ0v) is 11.2. The predicted molar refractivity (Wildman–Crippen MR) is 67.6 cm³/mol. The summed E-state index contributed by atoms with van der Waals surface area (Å²) in [5.41, 5.74) is 0. The highest BCUT2D eigenvalue weighted by atomic mass is 16.5. The van der Waals surface area contributed by atoms with Gasteiger partial charge in [0.15, 0.2) is 5.82 Å². The topological polar surface area (TPSA) is 66.0 Å². The van der Waals surface area contributed by atoms with Crippen LogP contribution < -0.4 is 0 Å². The Labute approximate surface area is 111 Å². The van der Waals surface area contributed by atoms with Crippen molar-refractivity contribution in [3.05, 3.63) is 29.9 Å². The van der Waals surface area contributed by atoms with E-state index in [2.05, 4.69) is 15.1 Å². The van der Waals surface area contributed by atoms with Gasteiger partial charge in [-0.1, -0.05) is 5.16 Å². The molecule has 0 bridgehead atoms. The first-order valence-electron chi connectivity index (χ1n) is 6.73. The van der Waals surface area contributed by atoms with Crippen molar-refractivity contribution in [2.75, 3.05) is 6.61 Å². The summed E-state index contributed by atoms with van der Waals surface area (Å²) >= 11 is 0. The van der Waals surface area contributed by atoms with Gasteiger partial charge >= 0.3 is 0 Å². The Hall–Kier alpha value is -1.69. The molecule has 6 nitrogen and oxygen atoms in total. The highest BCUT2D eigenvalue weighted by molar-refractivity contribution is 5.04. The van der Waals surface area contributed by atoms with Gasteiger partial charge in [0.25, 0.3) is 0 Å². The zero-order chi connectivity index (χ0) is 13.2. The van der Waals surface area contributed by atoms with Crippen LogP contribution in [0.3, 0.4) is 0 Å². The van der Waals surface area contributed by atoms with Crippen molar-refractivity contribution in [2.24, 2.45) is 0 Å². The second kappa shape index (κ2) is 5.13. The van der Waals surface area contributed by atoms with Gasteiger partial charge in [0, 0.05) is 24.9 Å². The molecule has 0 amide bonds. The summed E-state index contributed by atoms with van der Waals surface area (Å²) in [5, 5.41) is 4.02. The monoisotopic (exact) mass is 262 g/mol. The smallest absolute Gasteiger partial charge is 0.246 e. The van der Waals surface area contributed by atoms with Crippen LogP contribution in [0.1, 0.15) is 56.3 Å². The van der Waals surface area contributed by atoms with Gasteiger partial charge in [0.2, 0.25) is 5.89 Å². The minimum atomic E-state index is -0.0363. The number of imidazole rings is 1. The summed E-state index contributed by atoms with van der Waals surface area (Å²) in [6.07, 6.45) is 5.99. The van der Waals surface area contributed by atoms with E-state index in [0.29, 0.717) is 25.0 Å². The molecule has 2 aromatic heterocycles. The molecule has 1 fully saturated rings. The van der Waals surface area contributed by atoms with E-state index in [0.717, 1.165) is 11.6 Å². The number of rotatable bonds is 6. The van der Waals surface area contributed by atoms with Gasteiger partial charge in [-0.05, 0) is 26.7 Å². The van der Waals surface area contributed by atoms with Crippen molar-refractivity contribution in [1.82, 2.24) is 19.7 Å².